The zero-order valence-electron chi connectivity index (χ0n) is 14.5. The van der Waals surface area contributed by atoms with Crippen molar-refractivity contribution >= 4 is 39.6 Å². The number of hydrogen-bond donors (Lipinski definition) is 1. The van der Waals surface area contributed by atoms with Crippen LogP contribution in [0.4, 0.5) is 18.9 Å². The van der Waals surface area contributed by atoms with Gasteiger partial charge in [0.15, 0.2) is 5.65 Å². The van der Waals surface area contributed by atoms with Crippen LogP contribution in [-0.4, -0.2) is 15.3 Å². The van der Waals surface area contributed by atoms with Gasteiger partial charge in [-0.15, -0.1) is 0 Å². The minimum atomic E-state index is -4.60. The van der Waals surface area contributed by atoms with Gasteiger partial charge in [0, 0.05) is 17.3 Å². The molecule has 8 heteroatoms. The molecule has 0 unspecified atom stereocenters. The number of aromatic nitrogens is 2. The van der Waals surface area contributed by atoms with E-state index in [-0.39, 0.29) is 22.1 Å². The Kier molecular flexibility index (Phi) is 4.27. The number of imidazole rings is 1. The number of aryl methyl sites for hydroxylation is 1. The Morgan fingerprint density at radius 3 is 2.61 bits per heavy atom. The molecule has 0 bridgehead atoms. The molecule has 0 saturated carbocycles. The summed E-state index contributed by atoms with van der Waals surface area (Å²) in [5.41, 5.74) is -0.0396. The van der Waals surface area contributed by atoms with Crippen LogP contribution in [0.1, 0.15) is 21.7 Å². The van der Waals surface area contributed by atoms with Crippen LogP contribution in [0.25, 0.3) is 16.4 Å². The van der Waals surface area contributed by atoms with Gasteiger partial charge in [0.1, 0.15) is 5.69 Å². The highest BCUT2D eigenvalue weighted by Crippen LogP contribution is 2.33. The van der Waals surface area contributed by atoms with Crippen LogP contribution in [0.15, 0.2) is 54.7 Å². The molecule has 0 aliphatic heterocycles. The molecular formula is C20H13ClF3N3O. The molecule has 0 aliphatic rings. The number of alkyl halides is 3. The summed E-state index contributed by atoms with van der Waals surface area (Å²) >= 11 is 5.98. The van der Waals surface area contributed by atoms with Crippen molar-refractivity contribution in [2.75, 3.05) is 5.32 Å². The van der Waals surface area contributed by atoms with Crippen molar-refractivity contribution in [1.29, 1.82) is 0 Å². The van der Waals surface area contributed by atoms with Crippen molar-refractivity contribution in [3.8, 4) is 0 Å². The van der Waals surface area contributed by atoms with Gasteiger partial charge < -0.3 is 5.32 Å². The van der Waals surface area contributed by atoms with Gasteiger partial charge >= 0.3 is 6.18 Å². The lowest BCUT2D eigenvalue weighted by atomic mass is 10.1. The van der Waals surface area contributed by atoms with Gasteiger partial charge in [-0.05, 0) is 24.4 Å². The topological polar surface area (TPSA) is 46.4 Å². The van der Waals surface area contributed by atoms with E-state index in [0.29, 0.717) is 5.69 Å². The molecule has 0 atom stereocenters. The Labute approximate surface area is 162 Å². The number of fused-ring (bicyclic) bond motifs is 2. The van der Waals surface area contributed by atoms with Crippen molar-refractivity contribution in [1.82, 2.24) is 9.38 Å². The molecule has 0 spiro atoms. The van der Waals surface area contributed by atoms with Gasteiger partial charge in [-0.25, -0.2) is 4.98 Å². The third-order valence-corrected chi connectivity index (χ3v) is 4.71. The zero-order chi connectivity index (χ0) is 20.1. The minimum Gasteiger partial charge on any atom is -0.320 e. The first-order valence-electron chi connectivity index (χ1n) is 8.30. The summed E-state index contributed by atoms with van der Waals surface area (Å²) < 4.78 is 40.6. The van der Waals surface area contributed by atoms with Crippen LogP contribution < -0.4 is 5.32 Å². The van der Waals surface area contributed by atoms with Gasteiger partial charge in [0.2, 0.25) is 0 Å². The molecular weight excluding hydrogens is 391 g/mol. The molecule has 4 rings (SSSR count). The molecule has 2 heterocycles. The van der Waals surface area contributed by atoms with Crippen LogP contribution in [0.2, 0.25) is 5.02 Å². The van der Waals surface area contributed by atoms with Crippen molar-refractivity contribution in [2.45, 2.75) is 13.1 Å². The highest BCUT2D eigenvalue weighted by atomic mass is 35.5. The second kappa shape index (κ2) is 6.53. The van der Waals surface area contributed by atoms with E-state index >= 15 is 0 Å². The Morgan fingerprint density at radius 2 is 1.86 bits per heavy atom. The van der Waals surface area contributed by atoms with Gasteiger partial charge in [0.05, 0.1) is 16.3 Å². The van der Waals surface area contributed by atoms with E-state index in [4.69, 9.17) is 11.6 Å². The number of carbonyl (C=O) groups excluding carboxylic acids is 1. The summed E-state index contributed by atoms with van der Waals surface area (Å²) in [6.45, 7) is 1.55. The third kappa shape index (κ3) is 3.07. The maximum Gasteiger partial charge on any atom is 0.417 e. The summed E-state index contributed by atoms with van der Waals surface area (Å²) in [7, 11) is 0. The maximum absolute atomic E-state index is 13.2. The SMILES string of the molecule is Cc1nc2c(Cl)cc(C(F)(F)F)cn2c1C(=O)Nc1cccc2ccccc12. The molecule has 2 aromatic carbocycles. The number of halogens is 4. The first-order chi connectivity index (χ1) is 13.3. The van der Waals surface area contributed by atoms with E-state index < -0.39 is 17.6 Å². The predicted octanol–water partition coefficient (Wildman–Crippen LogP) is 5.72. The highest BCUT2D eigenvalue weighted by Gasteiger charge is 2.33. The molecule has 1 N–H and O–H groups in total. The predicted molar refractivity (Wildman–Crippen MR) is 102 cm³/mol. The van der Waals surface area contributed by atoms with E-state index in [2.05, 4.69) is 10.3 Å². The Morgan fingerprint density at radius 1 is 1.14 bits per heavy atom. The average molecular weight is 404 g/mol. The van der Waals surface area contributed by atoms with Crippen molar-refractivity contribution in [3.63, 3.8) is 0 Å². The number of hydrogen-bond acceptors (Lipinski definition) is 2. The molecule has 4 aromatic rings. The number of carbonyl (C=O) groups is 1. The molecule has 2 aromatic heterocycles. The number of pyridine rings is 1. The summed E-state index contributed by atoms with van der Waals surface area (Å²) in [6.07, 6.45) is -3.77. The van der Waals surface area contributed by atoms with Crippen molar-refractivity contribution in [2.24, 2.45) is 0 Å². The number of nitrogens with one attached hydrogen (secondary N) is 1. The Hall–Kier alpha value is -3.06. The van der Waals surface area contributed by atoms with E-state index in [0.717, 1.165) is 27.4 Å². The first-order valence-corrected chi connectivity index (χ1v) is 8.68. The summed E-state index contributed by atoms with van der Waals surface area (Å²) in [6, 6.07) is 13.7. The van der Waals surface area contributed by atoms with Crippen LogP contribution in [-0.2, 0) is 6.18 Å². The van der Waals surface area contributed by atoms with Gasteiger partial charge in [0.25, 0.3) is 5.91 Å². The molecule has 0 aliphatic carbocycles. The lowest BCUT2D eigenvalue weighted by Gasteiger charge is -2.11. The molecule has 0 radical (unpaired) electrons. The average Bonchev–Trinajstić information content (AvgIpc) is 2.98. The first kappa shape index (κ1) is 18.3. The van der Waals surface area contributed by atoms with Gasteiger partial charge in [-0.2, -0.15) is 13.2 Å². The fourth-order valence-corrected chi connectivity index (χ4v) is 3.41. The molecule has 1 amide bonds. The molecule has 4 nitrogen and oxygen atoms in total. The number of rotatable bonds is 2. The Bertz CT molecular complexity index is 1230. The van der Waals surface area contributed by atoms with Crippen LogP contribution >= 0.6 is 11.6 Å². The molecule has 142 valence electrons. The molecule has 28 heavy (non-hydrogen) atoms. The van der Waals surface area contributed by atoms with E-state index in [9.17, 15) is 18.0 Å². The van der Waals surface area contributed by atoms with E-state index in [1.807, 2.05) is 30.3 Å². The third-order valence-electron chi connectivity index (χ3n) is 4.43. The second-order valence-electron chi connectivity index (χ2n) is 6.29. The van der Waals surface area contributed by atoms with Crippen molar-refractivity contribution < 1.29 is 18.0 Å². The lowest BCUT2D eigenvalue weighted by molar-refractivity contribution is -0.137. The fourth-order valence-electron chi connectivity index (χ4n) is 3.16. The standard InChI is InChI=1S/C20H13ClF3N3O/c1-11-17(27-10-13(20(22,23)24)9-15(21)18(27)25-11)19(28)26-16-8-4-6-12-5-2-3-7-14(12)16/h2-10H,1H3,(H,26,28). The second-order valence-corrected chi connectivity index (χ2v) is 6.70. The largest absolute Gasteiger partial charge is 0.417 e. The fraction of sp³-hybridized carbons (Fsp3) is 0.100. The number of amides is 1. The minimum absolute atomic E-state index is 0.00376. The number of anilines is 1. The summed E-state index contributed by atoms with van der Waals surface area (Å²) in [5.74, 6) is -0.572. The van der Waals surface area contributed by atoms with E-state index in [1.165, 1.54) is 0 Å². The van der Waals surface area contributed by atoms with Crippen LogP contribution in [0, 0.1) is 6.92 Å². The number of nitrogens with zero attached hydrogens (tertiary/aromatic N) is 2. The summed E-state index contributed by atoms with van der Waals surface area (Å²) in [5, 5.41) is 4.34. The van der Waals surface area contributed by atoms with Gasteiger partial charge in [-0.1, -0.05) is 48.0 Å². The maximum atomic E-state index is 13.2. The number of benzene rings is 2. The molecule has 0 fully saturated rings. The quantitative estimate of drug-likeness (QED) is 0.465. The highest BCUT2D eigenvalue weighted by molar-refractivity contribution is 6.33. The lowest BCUT2D eigenvalue weighted by Crippen LogP contribution is -2.16. The van der Waals surface area contributed by atoms with E-state index in [1.54, 1.807) is 19.1 Å². The molecule has 0 saturated heterocycles. The van der Waals surface area contributed by atoms with Crippen LogP contribution in [0.3, 0.4) is 0 Å². The monoisotopic (exact) mass is 403 g/mol. The zero-order valence-corrected chi connectivity index (χ0v) is 15.3. The summed E-state index contributed by atoms with van der Waals surface area (Å²) in [4.78, 5) is 17.1. The van der Waals surface area contributed by atoms with Gasteiger partial charge in [-0.3, -0.25) is 9.20 Å². The smallest absolute Gasteiger partial charge is 0.320 e. The van der Waals surface area contributed by atoms with Crippen molar-refractivity contribution in [3.05, 3.63) is 76.7 Å². The Balaban J connectivity index is 1.83. The van der Waals surface area contributed by atoms with Crippen LogP contribution in [0.5, 0.6) is 0 Å². The normalized spacial score (nSPS) is 11.9.